The van der Waals surface area contributed by atoms with Crippen LogP contribution in [0.15, 0.2) is 0 Å². The summed E-state index contributed by atoms with van der Waals surface area (Å²) >= 11 is 11.5. The predicted molar refractivity (Wildman–Crippen MR) is 89.5 cm³/mol. The number of hydrogen-bond acceptors (Lipinski definition) is 4. The number of nitrogens with zero attached hydrogens (tertiary/aromatic N) is 1. The highest BCUT2D eigenvalue weighted by molar-refractivity contribution is 6.18. The molecule has 0 saturated heterocycles. The van der Waals surface area contributed by atoms with Crippen molar-refractivity contribution in [3.8, 4) is 0 Å². The van der Waals surface area contributed by atoms with Crippen molar-refractivity contribution in [1.82, 2.24) is 10.2 Å². The SMILES string of the molecule is CC(CCCN(CCCl)CCCl)CNC(=O)[C@H](N)CC(=O)O. The van der Waals surface area contributed by atoms with Gasteiger partial charge < -0.3 is 21.1 Å². The molecule has 0 aliphatic rings. The van der Waals surface area contributed by atoms with Crippen LogP contribution in [-0.4, -0.2) is 65.9 Å². The van der Waals surface area contributed by atoms with E-state index in [-0.39, 0.29) is 6.42 Å². The van der Waals surface area contributed by atoms with Gasteiger partial charge in [-0.25, -0.2) is 0 Å². The minimum atomic E-state index is -1.07. The molecule has 0 aliphatic carbocycles. The van der Waals surface area contributed by atoms with Crippen LogP contribution in [0.4, 0.5) is 0 Å². The maximum absolute atomic E-state index is 11.6. The van der Waals surface area contributed by atoms with Crippen LogP contribution in [0.25, 0.3) is 0 Å². The van der Waals surface area contributed by atoms with Crippen LogP contribution >= 0.6 is 23.2 Å². The van der Waals surface area contributed by atoms with Crippen molar-refractivity contribution in [2.75, 3.05) is 37.9 Å². The van der Waals surface area contributed by atoms with Gasteiger partial charge in [0.1, 0.15) is 0 Å². The Morgan fingerprint density at radius 1 is 1.23 bits per heavy atom. The van der Waals surface area contributed by atoms with E-state index in [1.807, 2.05) is 6.92 Å². The van der Waals surface area contributed by atoms with E-state index >= 15 is 0 Å². The van der Waals surface area contributed by atoms with Gasteiger partial charge in [-0.15, -0.1) is 23.2 Å². The second-order valence-electron chi connectivity index (χ2n) is 5.42. The fourth-order valence-corrected chi connectivity index (χ4v) is 2.50. The largest absolute Gasteiger partial charge is 0.481 e. The van der Waals surface area contributed by atoms with Gasteiger partial charge in [-0.2, -0.15) is 0 Å². The van der Waals surface area contributed by atoms with Gasteiger partial charge in [0.2, 0.25) is 5.91 Å². The Labute approximate surface area is 142 Å². The predicted octanol–water partition coefficient (Wildman–Crippen LogP) is 1.10. The zero-order chi connectivity index (χ0) is 17.0. The van der Waals surface area contributed by atoms with E-state index in [4.69, 9.17) is 34.0 Å². The first-order valence-electron chi connectivity index (χ1n) is 7.50. The number of carbonyl (C=O) groups is 2. The molecule has 2 atom stereocenters. The van der Waals surface area contributed by atoms with E-state index in [0.717, 1.165) is 32.5 Å². The van der Waals surface area contributed by atoms with E-state index < -0.39 is 17.9 Å². The molecule has 0 spiro atoms. The number of alkyl halides is 2. The first-order chi connectivity index (χ1) is 10.4. The summed E-state index contributed by atoms with van der Waals surface area (Å²) in [7, 11) is 0. The fraction of sp³-hybridized carbons (Fsp3) is 0.857. The minimum Gasteiger partial charge on any atom is -0.481 e. The molecule has 0 radical (unpaired) electrons. The molecule has 0 aliphatic heterocycles. The molecule has 8 heteroatoms. The summed E-state index contributed by atoms with van der Waals surface area (Å²) in [6.07, 6.45) is 1.59. The summed E-state index contributed by atoms with van der Waals surface area (Å²) in [5.41, 5.74) is 5.49. The van der Waals surface area contributed by atoms with Gasteiger partial charge in [-0.1, -0.05) is 6.92 Å². The van der Waals surface area contributed by atoms with Gasteiger partial charge in [0.05, 0.1) is 12.5 Å². The van der Waals surface area contributed by atoms with Gasteiger partial charge in [0.15, 0.2) is 0 Å². The topological polar surface area (TPSA) is 95.7 Å². The van der Waals surface area contributed by atoms with Crippen LogP contribution in [0.5, 0.6) is 0 Å². The molecule has 4 N–H and O–H groups in total. The number of carbonyl (C=O) groups excluding carboxylic acids is 1. The van der Waals surface area contributed by atoms with Crippen LogP contribution < -0.4 is 11.1 Å². The zero-order valence-electron chi connectivity index (χ0n) is 13.1. The number of nitrogens with one attached hydrogen (secondary N) is 1. The number of amides is 1. The molecule has 1 unspecified atom stereocenters. The summed E-state index contributed by atoms with van der Waals surface area (Å²) < 4.78 is 0. The highest BCUT2D eigenvalue weighted by Crippen LogP contribution is 2.06. The first kappa shape index (κ1) is 21.4. The molecule has 0 rings (SSSR count). The van der Waals surface area contributed by atoms with Crippen molar-refractivity contribution >= 4 is 35.1 Å². The third kappa shape index (κ3) is 11.1. The van der Waals surface area contributed by atoms with Crippen LogP contribution in [-0.2, 0) is 9.59 Å². The summed E-state index contributed by atoms with van der Waals surface area (Å²) in [6, 6.07) is -0.993. The normalized spacial score (nSPS) is 13.9. The molecule has 1 amide bonds. The lowest BCUT2D eigenvalue weighted by molar-refractivity contribution is -0.139. The highest BCUT2D eigenvalue weighted by Gasteiger charge is 2.17. The summed E-state index contributed by atoms with van der Waals surface area (Å²) in [5.74, 6) is -0.0159. The molecule has 0 aromatic heterocycles. The molecule has 0 fully saturated rings. The van der Waals surface area contributed by atoms with Crippen molar-refractivity contribution in [2.24, 2.45) is 11.7 Å². The van der Waals surface area contributed by atoms with E-state index in [0.29, 0.717) is 24.2 Å². The Kier molecular flexibility index (Phi) is 12.6. The lowest BCUT2D eigenvalue weighted by Crippen LogP contribution is -2.43. The van der Waals surface area contributed by atoms with Crippen LogP contribution in [0.3, 0.4) is 0 Å². The smallest absolute Gasteiger partial charge is 0.305 e. The number of aliphatic carboxylic acids is 1. The number of rotatable bonds is 13. The van der Waals surface area contributed by atoms with Gasteiger partial charge in [0.25, 0.3) is 0 Å². The first-order valence-corrected chi connectivity index (χ1v) is 8.57. The molecule has 0 aromatic rings. The Balaban J connectivity index is 3.86. The van der Waals surface area contributed by atoms with Crippen molar-refractivity contribution in [1.29, 1.82) is 0 Å². The molecule has 0 aromatic carbocycles. The number of carboxylic acids is 1. The summed E-state index contributed by atoms with van der Waals surface area (Å²) in [5, 5.41) is 11.3. The molecule has 0 bridgehead atoms. The highest BCUT2D eigenvalue weighted by atomic mass is 35.5. The van der Waals surface area contributed by atoms with Gasteiger partial charge in [-0.05, 0) is 25.3 Å². The molecule has 22 heavy (non-hydrogen) atoms. The van der Waals surface area contributed by atoms with Crippen molar-refractivity contribution in [2.45, 2.75) is 32.2 Å². The van der Waals surface area contributed by atoms with E-state index in [2.05, 4.69) is 10.2 Å². The maximum atomic E-state index is 11.6. The average Bonchev–Trinajstić information content (AvgIpc) is 2.44. The van der Waals surface area contributed by atoms with Crippen LogP contribution in [0.2, 0.25) is 0 Å². The Bertz CT molecular complexity index is 326. The van der Waals surface area contributed by atoms with Gasteiger partial charge in [0, 0.05) is 31.4 Å². The number of nitrogens with two attached hydrogens (primary N) is 1. The van der Waals surface area contributed by atoms with Crippen LogP contribution in [0.1, 0.15) is 26.2 Å². The fourth-order valence-electron chi connectivity index (χ4n) is 2.03. The summed E-state index contributed by atoms with van der Waals surface area (Å²) in [4.78, 5) is 24.3. The number of halogens is 2. The van der Waals surface area contributed by atoms with Crippen molar-refractivity contribution in [3.63, 3.8) is 0 Å². The molecule has 130 valence electrons. The second kappa shape index (κ2) is 12.9. The third-order valence-electron chi connectivity index (χ3n) is 3.33. The lowest BCUT2D eigenvalue weighted by Gasteiger charge is -2.21. The van der Waals surface area contributed by atoms with E-state index in [9.17, 15) is 9.59 Å². The zero-order valence-corrected chi connectivity index (χ0v) is 14.6. The Hall–Kier alpha value is -0.560. The minimum absolute atomic E-state index is 0.301. The van der Waals surface area contributed by atoms with Gasteiger partial charge in [-0.3, -0.25) is 9.59 Å². The van der Waals surface area contributed by atoms with E-state index in [1.165, 1.54) is 0 Å². The molecular weight excluding hydrogens is 329 g/mol. The lowest BCUT2D eigenvalue weighted by atomic mass is 10.1. The number of carboxylic acid groups (broad SMARTS) is 1. The van der Waals surface area contributed by atoms with Crippen LogP contribution in [0, 0.1) is 5.92 Å². The Morgan fingerprint density at radius 2 is 1.82 bits per heavy atom. The third-order valence-corrected chi connectivity index (χ3v) is 3.67. The van der Waals surface area contributed by atoms with Gasteiger partial charge >= 0.3 is 5.97 Å². The molecular formula is C14H27Cl2N3O3. The van der Waals surface area contributed by atoms with Crippen molar-refractivity contribution in [3.05, 3.63) is 0 Å². The van der Waals surface area contributed by atoms with Crippen molar-refractivity contribution < 1.29 is 14.7 Å². The Morgan fingerprint density at radius 3 is 2.32 bits per heavy atom. The standard InChI is InChI=1S/C14H27Cl2N3O3/c1-11(3-2-6-19(7-4-15)8-5-16)10-18-14(22)12(17)9-13(20)21/h11-12H,2-10,17H2,1H3,(H,18,22)(H,20,21)/t11?,12-/m1/s1. The number of hydrogen-bond donors (Lipinski definition) is 3. The maximum Gasteiger partial charge on any atom is 0.305 e. The van der Waals surface area contributed by atoms with E-state index in [1.54, 1.807) is 0 Å². The molecule has 6 nitrogen and oxygen atoms in total. The summed E-state index contributed by atoms with van der Waals surface area (Å²) in [6.45, 7) is 5.11. The molecule has 0 heterocycles. The molecule has 0 saturated carbocycles. The average molecular weight is 356 g/mol. The monoisotopic (exact) mass is 355 g/mol. The quantitative estimate of drug-likeness (QED) is 0.430. The second-order valence-corrected chi connectivity index (χ2v) is 6.17.